The Labute approximate surface area is 167 Å². The van der Waals surface area contributed by atoms with Crippen LogP contribution in [0, 0.1) is 12.8 Å². The smallest absolute Gasteiger partial charge is 0.335 e. The van der Waals surface area contributed by atoms with Gasteiger partial charge < -0.3 is 14.8 Å². The lowest BCUT2D eigenvalue weighted by Gasteiger charge is -2.32. The number of rotatable bonds is 4. The molecular formula is C21H19N3O5. The Morgan fingerprint density at radius 1 is 1.14 bits per heavy atom. The lowest BCUT2D eigenvalue weighted by molar-refractivity contribution is -0.132. The summed E-state index contributed by atoms with van der Waals surface area (Å²) in [5, 5.41) is 5.38. The minimum absolute atomic E-state index is 0.145. The summed E-state index contributed by atoms with van der Waals surface area (Å²) in [4.78, 5) is 39.2. The highest BCUT2D eigenvalue weighted by atomic mass is 16.7. The fraction of sp³-hybridized carbons (Fsp3) is 0.190. The second kappa shape index (κ2) is 7.31. The van der Waals surface area contributed by atoms with Gasteiger partial charge in [0.25, 0.3) is 5.91 Å². The molecule has 2 N–H and O–H groups in total. The van der Waals surface area contributed by atoms with E-state index in [1.54, 1.807) is 56.3 Å². The lowest BCUT2D eigenvalue weighted by Crippen LogP contribution is -2.59. The largest absolute Gasteiger partial charge is 0.454 e. The number of nitrogens with one attached hydrogen (secondary N) is 2. The molecule has 2 aromatic rings. The Balaban J connectivity index is 1.64. The fourth-order valence-corrected chi connectivity index (χ4v) is 3.34. The fourth-order valence-electron chi connectivity index (χ4n) is 3.34. The number of imide groups is 2. The molecule has 0 spiro atoms. The molecule has 0 unspecified atom stereocenters. The molecule has 0 aromatic heterocycles. The summed E-state index contributed by atoms with van der Waals surface area (Å²) in [5.74, 6) is -1.29. The predicted octanol–water partition coefficient (Wildman–Crippen LogP) is 2.94. The van der Waals surface area contributed by atoms with Gasteiger partial charge in [-0.25, -0.2) is 9.69 Å². The van der Waals surface area contributed by atoms with E-state index >= 15 is 0 Å². The van der Waals surface area contributed by atoms with Crippen LogP contribution >= 0.6 is 0 Å². The second-order valence-corrected chi connectivity index (χ2v) is 6.62. The maximum atomic E-state index is 13.2. The van der Waals surface area contributed by atoms with E-state index in [1.165, 1.54) is 0 Å². The molecule has 8 nitrogen and oxygen atoms in total. The van der Waals surface area contributed by atoms with E-state index in [9.17, 15) is 14.4 Å². The summed E-state index contributed by atoms with van der Waals surface area (Å²) in [6.07, 6.45) is 1.64. The second-order valence-electron chi connectivity index (χ2n) is 6.62. The van der Waals surface area contributed by atoms with Crippen LogP contribution in [-0.2, 0) is 9.59 Å². The van der Waals surface area contributed by atoms with Crippen molar-refractivity contribution in [2.24, 2.45) is 5.92 Å². The number of aryl methyl sites for hydroxylation is 1. The van der Waals surface area contributed by atoms with Crippen molar-refractivity contribution in [2.45, 2.75) is 13.8 Å². The Morgan fingerprint density at radius 2 is 1.90 bits per heavy atom. The molecule has 1 fully saturated rings. The molecule has 2 aliphatic heterocycles. The Kier molecular flexibility index (Phi) is 4.67. The van der Waals surface area contributed by atoms with Crippen molar-refractivity contribution in [3.05, 3.63) is 59.8 Å². The third kappa shape index (κ3) is 3.29. The van der Waals surface area contributed by atoms with E-state index in [4.69, 9.17) is 9.47 Å². The summed E-state index contributed by atoms with van der Waals surface area (Å²) < 4.78 is 10.7. The van der Waals surface area contributed by atoms with Gasteiger partial charge in [0.1, 0.15) is 0 Å². The SMILES string of the molecule is C/C=C(/Nc1ccc2c(c1)OCO2)[C@H]1C(=O)NC(=O)N(c2ccccc2C)C1=O. The topological polar surface area (TPSA) is 97.0 Å². The van der Waals surface area contributed by atoms with Gasteiger partial charge in [-0.05, 0) is 37.6 Å². The normalized spacial score (nSPS) is 18.7. The minimum Gasteiger partial charge on any atom is -0.454 e. The number of carbonyl (C=O) groups excluding carboxylic acids is 3. The molecule has 0 bridgehead atoms. The number of carbonyl (C=O) groups is 3. The highest BCUT2D eigenvalue weighted by Crippen LogP contribution is 2.35. The van der Waals surface area contributed by atoms with Gasteiger partial charge in [-0.3, -0.25) is 14.9 Å². The summed E-state index contributed by atoms with van der Waals surface area (Å²) in [5.41, 5.74) is 2.17. The zero-order valence-electron chi connectivity index (χ0n) is 15.9. The number of ether oxygens (including phenoxy) is 2. The van der Waals surface area contributed by atoms with Crippen molar-refractivity contribution in [3.8, 4) is 11.5 Å². The molecule has 1 saturated heterocycles. The highest BCUT2D eigenvalue weighted by molar-refractivity contribution is 6.29. The summed E-state index contributed by atoms with van der Waals surface area (Å²) in [6, 6.07) is 11.5. The number of fused-ring (bicyclic) bond motifs is 1. The molecule has 8 heteroatoms. The van der Waals surface area contributed by atoms with Gasteiger partial charge in [0.2, 0.25) is 12.7 Å². The van der Waals surface area contributed by atoms with Gasteiger partial charge in [-0.1, -0.05) is 24.3 Å². The van der Waals surface area contributed by atoms with Crippen LogP contribution in [0.15, 0.2) is 54.2 Å². The first-order valence-corrected chi connectivity index (χ1v) is 9.07. The van der Waals surface area contributed by atoms with E-state index in [2.05, 4.69) is 10.6 Å². The third-order valence-electron chi connectivity index (χ3n) is 4.80. The van der Waals surface area contributed by atoms with Gasteiger partial charge in [0, 0.05) is 17.5 Å². The van der Waals surface area contributed by atoms with Crippen LogP contribution in [0.4, 0.5) is 16.2 Å². The quantitative estimate of drug-likeness (QED) is 0.776. The molecule has 0 aliphatic carbocycles. The number of hydrogen-bond acceptors (Lipinski definition) is 6. The maximum absolute atomic E-state index is 13.2. The number of allylic oxidation sites excluding steroid dienone is 1. The number of para-hydroxylation sites is 1. The molecule has 29 heavy (non-hydrogen) atoms. The summed E-state index contributed by atoms with van der Waals surface area (Å²) in [6.45, 7) is 3.65. The van der Waals surface area contributed by atoms with Gasteiger partial charge in [0.05, 0.1) is 5.69 Å². The molecule has 4 amide bonds. The van der Waals surface area contributed by atoms with Crippen molar-refractivity contribution >= 4 is 29.2 Å². The molecule has 0 saturated carbocycles. The highest BCUT2D eigenvalue weighted by Gasteiger charge is 2.43. The van der Waals surface area contributed by atoms with Crippen molar-refractivity contribution < 1.29 is 23.9 Å². The Hall–Kier alpha value is -3.81. The Morgan fingerprint density at radius 3 is 2.66 bits per heavy atom. The molecule has 2 heterocycles. The minimum atomic E-state index is -1.19. The van der Waals surface area contributed by atoms with E-state index in [1.807, 2.05) is 6.07 Å². The standard InChI is InChI=1S/C21H19N3O5/c1-3-14(22-13-8-9-16-17(10-13)29-11-28-16)18-19(25)23-21(27)24(20(18)26)15-7-5-4-6-12(15)2/h3-10,18,22H,11H2,1-2H3,(H,23,25,27)/b14-3+/t18-/m0/s1. The zero-order valence-corrected chi connectivity index (χ0v) is 15.9. The van der Waals surface area contributed by atoms with Crippen LogP contribution in [-0.4, -0.2) is 24.6 Å². The first-order chi connectivity index (χ1) is 14.0. The van der Waals surface area contributed by atoms with Crippen molar-refractivity contribution in [2.75, 3.05) is 17.0 Å². The molecule has 148 valence electrons. The van der Waals surface area contributed by atoms with E-state index < -0.39 is 23.8 Å². The average Bonchev–Trinajstić information content (AvgIpc) is 3.16. The van der Waals surface area contributed by atoms with Gasteiger partial charge in [-0.15, -0.1) is 0 Å². The number of anilines is 2. The van der Waals surface area contributed by atoms with Gasteiger partial charge in [-0.2, -0.15) is 0 Å². The van der Waals surface area contributed by atoms with Gasteiger partial charge >= 0.3 is 6.03 Å². The molecule has 2 aromatic carbocycles. The first-order valence-electron chi connectivity index (χ1n) is 9.07. The van der Waals surface area contributed by atoms with Crippen LogP contribution in [0.2, 0.25) is 0 Å². The van der Waals surface area contributed by atoms with Crippen LogP contribution in [0.1, 0.15) is 12.5 Å². The van der Waals surface area contributed by atoms with E-state index in [0.717, 1.165) is 10.5 Å². The third-order valence-corrected chi connectivity index (χ3v) is 4.80. The van der Waals surface area contributed by atoms with Crippen LogP contribution in [0.5, 0.6) is 11.5 Å². The van der Waals surface area contributed by atoms with Gasteiger partial charge in [0.15, 0.2) is 17.4 Å². The number of hydrogen-bond donors (Lipinski definition) is 2. The number of benzene rings is 2. The van der Waals surface area contributed by atoms with Crippen molar-refractivity contribution in [1.82, 2.24) is 5.32 Å². The van der Waals surface area contributed by atoms with Crippen LogP contribution in [0.25, 0.3) is 0 Å². The molecule has 0 radical (unpaired) electrons. The van der Waals surface area contributed by atoms with E-state index in [-0.39, 0.29) is 6.79 Å². The van der Waals surface area contributed by atoms with Crippen LogP contribution < -0.4 is 25.0 Å². The van der Waals surface area contributed by atoms with E-state index in [0.29, 0.717) is 28.6 Å². The zero-order chi connectivity index (χ0) is 20.5. The number of urea groups is 1. The average molecular weight is 393 g/mol. The molecule has 1 atom stereocenters. The summed E-state index contributed by atoms with van der Waals surface area (Å²) in [7, 11) is 0. The monoisotopic (exact) mass is 393 g/mol. The number of nitrogens with zero attached hydrogens (tertiary/aromatic N) is 1. The predicted molar refractivity (Wildman–Crippen MR) is 106 cm³/mol. The summed E-state index contributed by atoms with van der Waals surface area (Å²) >= 11 is 0. The molecule has 4 rings (SSSR count). The molecule has 2 aliphatic rings. The number of amides is 4. The number of barbiturate groups is 1. The molecular weight excluding hydrogens is 374 g/mol. The lowest BCUT2D eigenvalue weighted by atomic mass is 9.98. The van der Waals surface area contributed by atoms with Crippen LogP contribution in [0.3, 0.4) is 0 Å². The maximum Gasteiger partial charge on any atom is 0.335 e. The Bertz CT molecular complexity index is 1050. The van der Waals surface area contributed by atoms with Crippen molar-refractivity contribution in [3.63, 3.8) is 0 Å². The first kappa shape index (κ1) is 18.5. The van der Waals surface area contributed by atoms with Crippen molar-refractivity contribution in [1.29, 1.82) is 0 Å².